The Labute approximate surface area is 342 Å². The number of aromatic hydroxyl groups is 1. The summed E-state index contributed by atoms with van der Waals surface area (Å²) >= 11 is 6.18. The number of imide groups is 2. The maximum atomic E-state index is 15.3. The second kappa shape index (κ2) is 14.0. The minimum absolute atomic E-state index is 0.0512. The molecule has 0 saturated heterocycles. The number of phenols is 1. The molecular weight excluding hydrogens is 864 g/mol. The van der Waals surface area contributed by atoms with E-state index in [9.17, 15) is 24.3 Å². The monoisotopic (exact) mass is 892 g/mol. The first kappa shape index (κ1) is 44.9. The molecule has 0 spiro atoms. The van der Waals surface area contributed by atoms with E-state index in [1.165, 1.54) is 34.6 Å². The molecule has 2 aliphatic heterocycles. The fraction of sp³-hybridized carbons (Fsp3) is 0.317. The maximum absolute atomic E-state index is 15.3. The number of anilines is 1. The molecule has 61 heavy (non-hydrogen) atoms. The minimum atomic E-state index is -6.34. The normalized spacial score (nSPS) is 15.7. The first-order chi connectivity index (χ1) is 27.8. The summed E-state index contributed by atoms with van der Waals surface area (Å²) in [5.41, 5.74) is -22.6. The van der Waals surface area contributed by atoms with Crippen molar-refractivity contribution in [3.63, 3.8) is 0 Å². The summed E-state index contributed by atoms with van der Waals surface area (Å²) < 4.78 is 183. The highest BCUT2D eigenvalue weighted by Crippen LogP contribution is 2.59. The molecule has 4 amide bonds. The summed E-state index contributed by atoms with van der Waals surface area (Å²) in [6.07, 6.45) is -25.2. The van der Waals surface area contributed by atoms with Crippen molar-refractivity contribution >= 4 is 40.9 Å². The Morgan fingerprint density at radius 1 is 0.508 bits per heavy atom. The van der Waals surface area contributed by atoms with E-state index in [4.69, 9.17) is 11.6 Å². The number of alkyl halides is 12. The summed E-state index contributed by atoms with van der Waals surface area (Å²) in [5.74, 6) is -7.00. The zero-order chi connectivity index (χ0) is 46.0. The lowest BCUT2D eigenvalue weighted by Gasteiger charge is -2.39. The van der Waals surface area contributed by atoms with Crippen LogP contribution in [0.15, 0.2) is 72.8 Å². The standard InChI is InChI=1S/C41H29ClF12N2O5/c1-18(2)25-14-21(9-13-30(25)57)37(40(49,50)51,41(52,53)54)22-8-12-28(42)29(17-22)55-31(58)23-10-6-19(15-26(23)32(55)59)36(38(43,44)45,39(46,47)48)20-7-11-24-27(16-20)34(61)56(33(24)60)35(3,4)5/h6-18,57H,1-5H3. The Kier molecular flexibility index (Phi) is 10.3. The van der Waals surface area contributed by atoms with Crippen molar-refractivity contribution in [3.8, 4) is 5.75 Å². The zero-order valence-electron chi connectivity index (χ0n) is 31.9. The van der Waals surface area contributed by atoms with Gasteiger partial charge in [0.05, 0.1) is 33.0 Å². The van der Waals surface area contributed by atoms with Crippen molar-refractivity contribution in [2.24, 2.45) is 0 Å². The van der Waals surface area contributed by atoms with Gasteiger partial charge in [0.2, 0.25) is 10.8 Å². The number of rotatable bonds is 6. The Bertz CT molecular complexity index is 2510. The summed E-state index contributed by atoms with van der Waals surface area (Å²) in [4.78, 5) is 54.5. The zero-order valence-corrected chi connectivity index (χ0v) is 32.6. The molecule has 324 valence electrons. The molecule has 0 radical (unpaired) electrons. The van der Waals surface area contributed by atoms with Crippen molar-refractivity contribution in [1.82, 2.24) is 4.90 Å². The molecule has 20 heteroatoms. The number of carbonyl (C=O) groups is 4. The van der Waals surface area contributed by atoms with Crippen LogP contribution in [0.1, 0.15) is 110 Å². The van der Waals surface area contributed by atoms with Gasteiger partial charge in [0, 0.05) is 5.54 Å². The van der Waals surface area contributed by atoms with Crippen LogP contribution in [-0.2, 0) is 10.8 Å². The summed E-state index contributed by atoms with van der Waals surface area (Å²) in [6.45, 7) is 6.92. The van der Waals surface area contributed by atoms with Gasteiger partial charge < -0.3 is 5.11 Å². The number of hydrogen-bond donors (Lipinski definition) is 1. The van der Waals surface area contributed by atoms with Crippen LogP contribution in [0.4, 0.5) is 58.4 Å². The summed E-state index contributed by atoms with van der Waals surface area (Å²) in [7, 11) is 0. The van der Waals surface area contributed by atoms with Gasteiger partial charge in [-0.05, 0) is 97.0 Å². The van der Waals surface area contributed by atoms with Gasteiger partial charge in [-0.25, -0.2) is 4.90 Å². The molecule has 2 aliphatic rings. The predicted octanol–water partition coefficient (Wildman–Crippen LogP) is 11.2. The highest BCUT2D eigenvalue weighted by Gasteiger charge is 2.74. The smallest absolute Gasteiger partial charge is 0.411 e. The van der Waals surface area contributed by atoms with E-state index in [1.807, 2.05) is 0 Å². The molecule has 1 N–H and O–H groups in total. The van der Waals surface area contributed by atoms with Crippen LogP contribution in [0, 0.1) is 0 Å². The molecule has 0 aliphatic carbocycles. The van der Waals surface area contributed by atoms with Crippen LogP contribution in [0.5, 0.6) is 5.75 Å². The number of hydrogen-bond acceptors (Lipinski definition) is 5. The van der Waals surface area contributed by atoms with Gasteiger partial charge in [0.25, 0.3) is 23.6 Å². The Hall–Kier alpha value is -5.59. The SMILES string of the molecule is CC(C)c1cc(C(c2ccc(Cl)c(N3C(=O)c4ccc(C(c5ccc6c(c5)C(=O)N(C(C)(C)C)C6=O)(C(F)(F)F)C(F)(F)F)cc4C3=O)c2)(C(F)(F)F)C(F)(F)F)ccc1O. The van der Waals surface area contributed by atoms with E-state index in [0.29, 0.717) is 53.4 Å². The summed E-state index contributed by atoms with van der Waals surface area (Å²) in [5, 5.41) is 9.39. The third kappa shape index (κ3) is 6.43. The third-order valence-corrected chi connectivity index (χ3v) is 11.0. The Balaban J connectivity index is 1.55. The lowest BCUT2D eigenvalue weighted by Crippen LogP contribution is -2.55. The van der Waals surface area contributed by atoms with Crippen molar-refractivity contribution in [1.29, 1.82) is 0 Å². The second-order valence-corrected chi connectivity index (χ2v) is 16.1. The number of nitrogens with zero attached hydrogens (tertiary/aromatic N) is 2. The largest absolute Gasteiger partial charge is 0.508 e. The second-order valence-electron chi connectivity index (χ2n) is 15.7. The number of phenolic OH excluding ortho intramolecular Hbond substituents is 1. The van der Waals surface area contributed by atoms with E-state index in [0.717, 1.165) is 0 Å². The summed E-state index contributed by atoms with van der Waals surface area (Å²) in [6, 6.07) is 4.14. The molecule has 4 aromatic carbocycles. The van der Waals surface area contributed by atoms with Crippen molar-refractivity contribution in [2.75, 3.05) is 4.90 Å². The first-order valence-electron chi connectivity index (χ1n) is 17.7. The highest BCUT2D eigenvalue weighted by molar-refractivity contribution is 6.40. The van der Waals surface area contributed by atoms with E-state index >= 15 is 52.7 Å². The van der Waals surface area contributed by atoms with Gasteiger partial charge in [-0.3, -0.25) is 24.1 Å². The average molecular weight is 893 g/mol. The predicted molar refractivity (Wildman–Crippen MR) is 194 cm³/mol. The Morgan fingerprint density at radius 3 is 1.31 bits per heavy atom. The fourth-order valence-electron chi connectivity index (χ4n) is 7.91. The molecule has 6 rings (SSSR count). The average Bonchev–Trinajstić information content (AvgIpc) is 3.50. The molecule has 2 heterocycles. The molecular formula is C41H29ClF12N2O5. The molecule has 0 atom stereocenters. The highest BCUT2D eigenvalue weighted by atomic mass is 35.5. The molecule has 4 aromatic rings. The molecule has 0 unspecified atom stereocenters. The third-order valence-electron chi connectivity index (χ3n) is 10.7. The number of benzene rings is 4. The van der Waals surface area contributed by atoms with Crippen LogP contribution >= 0.6 is 11.6 Å². The fourth-order valence-corrected chi connectivity index (χ4v) is 8.11. The van der Waals surface area contributed by atoms with Crippen molar-refractivity contribution in [3.05, 3.63) is 128 Å². The van der Waals surface area contributed by atoms with Gasteiger partial charge in [-0.2, -0.15) is 52.7 Å². The topological polar surface area (TPSA) is 95.0 Å². The van der Waals surface area contributed by atoms with Gasteiger partial charge in [0.1, 0.15) is 5.75 Å². The first-order valence-corrected chi connectivity index (χ1v) is 18.1. The lowest BCUT2D eigenvalue weighted by molar-refractivity contribution is -0.290. The van der Waals surface area contributed by atoms with Gasteiger partial charge >= 0.3 is 24.7 Å². The molecule has 0 aromatic heterocycles. The van der Waals surface area contributed by atoms with Crippen LogP contribution in [0.3, 0.4) is 0 Å². The lowest BCUT2D eigenvalue weighted by atomic mass is 9.71. The molecule has 7 nitrogen and oxygen atoms in total. The van der Waals surface area contributed by atoms with Crippen molar-refractivity contribution < 1.29 is 77.0 Å². The van der Waals surface area contributed by atoms with Gasteiger partial charge in [0.15, 0.2) is 0 Å². The minimum Gasteiger partial charge on any atom is -0.508 e. The number of fused-ring (bicyclic) bond motifs is 2. The molecule has 0 saturated carbocycles. The van der Waals surface area contributed by atoms with Crippen LogP contribution in [0.2, 0.25) is 5.02 Å². The van der Waals surface area contributed by atoms with Gasteiger partial charge in [-0.15, -0.1) is 0 Å². The quantitative estimate of drug-likeness (QED) is 0.154. The number of halogens is 13. The van der Waals surface area contributed by atoms with Crippen LogP contribution in [0.25, 0.3) is 0 Å². The van der Waals surface area contributed by atoms with Crippen LogP contribution in [-0.4, -0.2) is 63.9 Å². The van der Waals surface area contributed by atoms with E-state index < -0.39 is 132 Å². The van der Waals surface area contributed by atoms with Gasteiger partial charge in [-0.1, -0.05) is 55.8 Å². The molecule has 0 bridgehead atoms. The van der Waals surface area contributed by atoms with Crippen molar-refractivity contribution in [2.45, 2.75) is 81.6 Å². The number of amides is 4. The molecule has 0 fully saturated rings. The van der Waals surface area contributed by atoms with E-state index in [-0.39, 0.29) is 34.7 Å². The Morgan fingerprint density at radius 2 is 0.869 bits per heavy atom. The van der Waals surface area contributed by atoms with Crippen LogP contribution < -0.4 is 4.90 Å². The maximum Gasteiger partial charge on any atom is 0.411 e. The van der Waals surface area contributed by atoms with E-state index in [1.54, 1.807) is 0 Å². The van der Waals surface area contributed by atoms with E-state index in [2.05, 4.69) is 0 Å². The number of carbonyl (C=O) groups excluding carboxylic acids is 4.